The van der Waals surface area contributed by atoms with Gasteiger partial charge in [-0.05, 0) is 58.0 Å². The summed E-state index contributed by atoms with van der Waals surface area (Å²) in [5.74, 6) is 0.731. The maximum atomic E-state index is 5.60. The lowest BCUT2D eigenvalue weighted by Gasteiger charge is -2.32. The molecule has 3 aromatic heterocycles. The lowest BCUT2D eigenvalue weighted by Crippen LogP contribution is -2.73. The van der Waals surface area contributed by atoms with Crippen molar-refractivity contribution in [3.8, 4) is 45.3 Å². The Hall–Kier alpha value is -8.12. The highest BCUT2D eigenvalue weighted by Gasteiger charge is 2.52. The Kier molecular flexibility index (Phi) is 7.89. The van der Waals surface area contributed by atoms with E-state index in [0.29, 0.717) is 0 Å². The monoisotopic (exact) mass is 818 g/mol. The molecule has 0 unspecified atom stereocenters. The molecule has 0 saturated heterocycles. The van der Waals surface area contributed by atoms with Crippen LogP contribution in [0.2, 0.25) is 0 Å². The molecule has 1 aliphatic heterocycles. The second kappa shape index (κ2) is 14.0. The topological polar surface area (TPSA) is 35.6 Å². The number of nitrogens with zero attached hydrogens (tertiary/aromatic N) is 4. The molecule has 0 spiro atoms. The normalized spacial score (nSPS) is 12.9. The molecule has 5 heteroatoms. The molecule has 0 fully saturated rings. The third-order valence-electron chi connectivity index (χ3n) is 13.2. The predicted molar refractivity (Wildman–Crippen MR) is 264 cm³/mol. The smallest absolute Gasteiger partial charge is 0.185 e. The summed E-state index contributed by atoms with van der Waals surface area (Å²) in [6.45, 7) is 0. The number of hydrogen-bond donors (Lipinski definition) is 0. The van der Waals surface area contributed by atoms with Crippen LogP contribution in [0.15, 0.2) is 231 Å². The molecule has 0 radical (unpaired) electrons. The van der Waals surface area contributed by atoms with Crippen molar-refractivity contribution in [2.45, 2.75) is 0 Å². The number of para-hydroxylation sites is 3. The van der Waals surface area contributed by atoms with Gasteiger partial charge in [-0.1, -0.05) is 188 Å². The molecule has 1 aliphatic rings. The van der Waals surface area contributed by atoms with Crippen molar-refractivity contribution in [2.75, 3.05) is 0 Å². The van der Waals surface area contributed by atoms with Gasteiger partial charge in [0.25, 0.3) is 0 Å². The molecule has 4 heterocycles. The summed E-state index contributed by atoms with van der Waals surface area (Å²) >= 11 is 0. The summed E-state index contributed by atoms with van der Waals surface area (Å²) in [5, 5.41) is 10.1. The summed E-state index contributed by atoms with van der Waals surface area (Å²) in [6, 6.07) is 83.9. The highest BCUT2D eigenvalue weighted by atomic mass is 28.3. The molecule has 63 heavy (non-hydrogen) atoms. The van der Waals surface area contributed by atoms with Crippen LogP contribution in [0.5, 0.6) is 0 Å². The Morgan fingerprint density at radius 2 is 0.905 bits per heavy atom. The van der Waals surface area contributed by atoms with E-state index < -0.39 is 8.07 Å². The zero-order chi connectivity index (χ0) is 41.5. The standard InChI is InChI=1S/C58H38N4Si/c1-6-20-39(21-7-1)54-57-55(60-58(59-54)40-22-8-2-9-23-40)48-35-34-42(38-52(48)63(57,43-26-12-4-13-27-43)44-28-14-5-15-29-44)61-50-33-19-17-31-47(50)53-51(61)37-36-46-45-30-16-18-32-49(45)62(56(46)53)41-24-10-3-11-25-41/h1-38H. The average molecular weight is 819 g/mol. The van der Waals surface area contributed by atoms with Gasteiger partial charge in [0, 0.05) is 54.8 Å². The summed E-state index contributed by atoms with van der Waals surface area (Å²) in [7, 11) is -3.12. The first kappa shape index (κ1) is 35.6. The first-order valence-electron chi connectivity index (χ1n) is 21.6. The van der Waals surface area contributed by atoms with E-state index >= 15 is 0 Å². The van der Waals surface area contributed by atoms with Gasteiger partial charge in [0.15, 0.2) is 13.9 Å². The molecule has 0 bridgehead atoms. The lowest BCUT2D eigenvalue weighted by atomic mass is 10.1. The van der Waals surface area contributed by atoms with Crippen molar-refractivity contribution < 1.29 is 0 Å². The van der Waals surface area contributed by atoms with Crippen molar-refractivity contribution >= 4 is 72.4 Å². The van der Waals surface area contributed by atoms with Crippen LogP contribution in [0, 0.1) is 0 Å². The first-order chi connectivity index (χ1) is 31.3. The van der Waals surface area contributed by atoms with Gasteiger partial charge in [-0.2, -0.15) is 0 Å². The molecule has 0 amide bonds. The van der Waals surface area contributed by atoms with Crippen LogP contribution in [0.25, 0.3) is 88.9 Å². The molecule has 294 valence electrons. The van der Waals surface area contributed by atoms with Crippen LogP contribution in [0.4, 0.5) is 0 Å². The number of fused-ring (bicyclic) bond motifs is 10. The Morgan fingerprint density at radius 3 is 1.57 bits per heavy atom. The van der Waals surface area contributed by atoms with Gasteiger partial charge in [-0.25, -0.2) is 9.97 Å². The zero-order valence-electron chi connectivity index (χ0n) is 34.2. The minimum atomic E-state index is -3.12. The van der Waals surface area contributed by atoms with Gasteiger partial charge < -0.3 is 9.13 Å². The molecule has 0 N–H and O–H groups in total. The fourth-order valence-corrected chi connectivity index (χ4v) is 15.9. The number of hydrogen-bond acceptors (Lipinski definition) is 2. The van der Waals surface area contributed by atoms with E-state index in [0.717, 1.165) is 45.3 Å². The summed E-state index contributed by atoms with van der Waals surface area (Å²) in [4.78, 5) is 11.2. The van der Waals surface area contributed by atoms with Crippen LogP contribution in [-0.2, 0) is 0 Å². The second-order valence-electron chi connectivity index (χ2n) is 16.5. The number of aromatic nitrogens is 4. The SMILES string of the molecule is c1ccc(-c2nc(-c3ccccc3)c3c(n2)-c2ccc(-n4c5ccccc5c5c4ccc4c6ccccc6n(-c6ccccc6)c45)cc2[Si]3(c2ccccc2)c2ccccc2)cc1. The predicted octanol–water partition coefficient (Wildman–Crippen LogP) is 11.4. The van der Waals surface area contributed by atoms with Crippen LogP contribution in [0.3, 0.4) is 0 Å². The van der Waals surface area contributed by atoms with Gasteiger partial charge in [0.1, 0.15) is 0 Å². The Bertz CT molecular complexity index is 3670. The molecule has 13 rings (SSSR count). The molecule has 9 aromatic carbocycles. The molecular formula is C58H38N4Si. The van der Waals surface area contributed by atoms with E-state index in [1.54, 1.807) is 0 Å². The molecule has 4 nitrogen and oxygen atoms in total. The molecule has 0 aliphatic carbocycles. The van der Waals surface area contributed by atoms with E-state index in [9.17, 15) is 0 Å². The molecule has 12 aromatic rings. The van der Waals surface area contributed by atoms with Crippen molar-refractivity contribution in [2.24, 2.45) is 0 Å². The average Bonchev–Trinajstić information content (AvgIpc) is 3.99. The van der Waals surface area contributed by atoms with Crippen molar-refractivity contribution in [1.29, 1.82) is 0 Å². The fraction of sp³-hybridized carbons (Fsp3) is 0. The minimum Gasteiger partial charge on any atom is -0.309 e. The Labute approximate surface area is 365 Å². The van der Waals surface area contributed by atoms with E-state index in [1.807, 2.05) is 0 Å². The minimum absolute atomic E-state index is 0.731. The van der Waals surface area contributed by atoms with Gasteiger partial charge in [0.2, 0.25) is 0 Å². The zero-order valence-corrected chi connectivity index (χ0v) is 35.2. The number of benzene rings is 9. The van der Waals surface area contributed by atoms with E-state index in [4.69, 9.17) is 9.97 Å². The third kappa shape index (κ3) is 5.14. The first-order valence-corrected chi connectivity index (χ1v) is 23.6. The van der Waals surface area contributed by atoms with Crippen molar-refractivity contribution in [3.63, 3.8) is 0 Å². The van der Waals surface area contributed by atoms with Crippen LogP contribution in [0.1, 0.15) is 0 Å². The molecule has 0 saturated carbocycles. The number of rotatable bonds is 6. The Balaban J connectivity index is 1.16. The third-order valence-corrected chi connectivity index (χ3v) is 18.0. The maximum Gasteiger partial charge on any atom is 0.185 e. The quantitative estimate of drug-likeness (QED) is 0.157. The fourth-order valence-electron chi connectivity index (χ4n) is 10.6. The highest BCUT2D eigenvalue weighted by molar-refractivity contribution is 7.22. The van der Waals surface area contributed by atoms with Crippen LogP contribution in [-0.4, -0.2) is 27.2 Å². The largest absolute Gasteiger partial charge is 0.309 e. The molecular weight excluding hydrogens is 781 g/mol. The van der Waals surface area contributed by atoms with Gasteiger partial charge in [-0.15, -0.1) is 0 Å². The lowest BCUT2D eigenvalue weighted by molar-refractivity contribution is 1.17. The van der Waals surface area contributed by atoms with E-state index in [1.165, 1.54) is 64.4 Å². The molecule has 0 atom stereocenters. The second-order valence-corrected chi connectivity index (χ2v) is 20.2. The van der Waals surface area contributed by atoms with Crippen LogP contribution >= 0.6 is 0 Å². The van der Waals surface area contributed by atoms with Gasteiger partial charge in [-0.3, -0.25) is 0 Å². The van der Waals surface area contributed by atoms with Gasteiger partial charge in [0.05, 0.1) is 33.5 Å². The summed E-state index contributed by atoms with van der Waals surface area (Å²) in [6.07, 6.45) is 0. The van der Waals surface area contributed by atoms with Crippen LogP contribution < -0.4 is 20.7 Å². The summed E-state index contributed by atoms with van der Waals surface area (Å²) < 4.78 is 4.95. The Morgan fingerprint density at radius 1 is 0.365 bits per heavy atom. The van der Waals surface area contributed by atoms with Crippen molar-refractivity contribution in [1.82, 2.24) is 19.1 Å². The van der Waals surface area contributed by atoms with E-state index in [-0.39, 0.29) is 0 Å². The highest BCUT2D eigenvalue weighted by Crippen LogP contribution is 2.43. The maximum absolute atomic E-state index is 5.60. The van der Waals surface area contributed by atoms with Gasteiger partial charge >= 0.3 is 0 Å². The summed E-state index contributed by atoms with van der Waals surface area (Å²) in [5.41, 5.74) is 12.3. The van der Waals surface area contributed by atoms with Crippen molar-refractivity contribution in [3.05, 3.63) is 231 Å². The van der Waals surface area contributed by atoms with E-state index in [2.05, 4.69) is 240 Å².